The summed E-state index contributed by atoms with van der Waals surface area (Å²) in [5, 5.41) is 9.84. The highest BCUT2D eigenvalue weighted by atomic mass is 32.2. The minimum atomic E-state index is -0.452. The number of hydrogen-bond donors (Lipinski definition) is 1. The number of H-pyrrole nitrogens is 1. The topological polar surface area (TPSA) is 63.6 Å². The number of fused-ring (bicyclic) bond motifs is 1. The van der Waals surface area contributed by atoms with Gasteiger partial charge in [-0.05, 0) is 30.7 Å². The van der Waals surface area contributed by atoms with E-state index in [1.165, 1.54) is 11.8 Å². The molecule has 0 fully saturated rings. The van der Waals surface area contributed by atoms with Crippen molar-refractivity contribution >= 4 is 28.4 Å². The monoisotopic (exact) mass is 424 g/mol. The van der Waals surface area contributed by atoms with Gasteiger partial charge >= 0.3 is 0 Å². The van der Waals surface area contributed by atoms with E-state index in [1.54, 1.807) is 6.20 Å². The summed E-state index contributed by atoms with van der Waals surface area (Å²) in [5.74, 6) is 0.814. The molecule has 1 atom stereocenters. The van der Waals surface area contributed by atoms with Crippen molar-refractivity contribution in [2.24, 2.45) is 0 Å². The Morgan fingerprint density at radius 3 is 2.35 bits per heavy atom. The van der Waals surface area contributed by atoms with Gasteiger partial charge in [-0.15, -0.1) is 10.2 Å². The summed E-state index contributed by atoms with van der Waals surface area (Å²) in [5.41, 5.74) is 3.53. The molecule has 0 bridgehead atoms. The number of aromatic amines is 1. The fourth-order valence-electron chi connectivity index (χ4n) is 3.72. The third-order valence-corrected chi connectivity index (χ3v) is 6.42. The molecule has 5 nitrogen and oxygen atoms in total. The summed E-state index contributed by atoms with van der Waals surface area (Å²) in [4.78, 5) is 17.0. The molecule has 3 aromatic carbocycles. The Morgan fingerprint density at radius 1 is 0.903 bits per heavy atom. The SMILES string of the molecule is Cc1nnc(SC(C(=O)c2c[nH]c3ccccc23)c2ccccc2)n1-c1ccccc1. The molecule has 0 saturated heterocycles. The smallest absolute Gasteiger partial charge is 0.196 e. The van der Waals surface area contributed by atoms with Gasteiger partial charge in [0.15, 0.2) is 10.9 Å². The van der Waals surface area contributed by atoms with Crippen LogP contribution in [0.15, 0.2) is 96.3 Å². The van der Waals surface area contributed by atoms with Gasteiger partial charge in [0, 0.05) is 28.4 Å². The second kappa shape index (κ2) is 8.24. The molecule has 0 saturated carbocycles. The third kappa shape index (κ3) is 3.66. The van der Waals surface area contributed by atoms with Crippen molar-refractivity contribution in [1.29, 1.82) is 0 Å². The number of nitrogens with one attached hydrogen (secondary N) is 1. The van der Waals surface area contributed by atoms with Crippen molar-refractivity contribution in [2.45, 2.75) is 17.3 Å². The van der Waals surface area contributed by atoms with Gasteiger partial charge < -0.3 is 4.98 Å². The average molecular weight is 425 g/mol. The van der Waals surface area contributed by atoms with Gasteiger partial charge in [-0.2, -0.15) is 0 Å². The number of benzene rings is 3. The first-order valence-electron chi connectivity index (χ1n) is 10.0. The second-order valence-corrected chi connectivity index (χ2v) is 8.29. The predicted molar refractivity (Wildman–Crippen MR) is 124 cm³/mol. The normalized spacial score (nSPS) is 12.2. The van der Waals surface area contributed by atoms with Gasteiger partial charge in [0.2, 0.25) is 0 Å². The average Bonchev–Trinajstić information content (AvgIpc) is 3.41. The number of aromatic nitrogens is 4. The van der Waals surface area contributed by atoms with Crippen molar-refractivity contribution in [2.75, 3.05) is 0 Å². The van der Waals surface area contributed by atoms with Gasteiger partial charge in [0.05, 0.1) is 0 Å². The number of aryl methyl sites for hydroxylation is 1. The van der Waals surface area contributed by atoms with Crippen molar-refractivity contribution in [1.82, 2.24) is 19.7 Å². The quantitative estimate of drug-likeness (QED) is 0.277. The van der Waals surface area contributed by atoms with Gasteiger partial charge in [0.25, 0.3) is 0 Å². The molecule has 0 spiro atoms. The second-order valence-electron chi connectivity index (χ2n) is 7.22. The number of carbonyl (C=O) groups is 1. The van der Waals surface area contributed by atoms with E-state index in [2.05, 4.69) is 15.2 Å². The zero-order valence-electron chi connectivity index (χ0n) is 16.9. The Hall–Kier alpha value is -3.64. The number of para-hydroxylation sites is 2. The van der Waals surface area contributed by atoms with E-state index in [4.69, 9.17) is 0 Å². The lowest BCUT2D eigenvalue weighted by Crippen LogP contribution is -2.11. The molecular formula is C25H20N4OS. The largest absolute Gasteiger partial charge is 0.360 e. The minimum absolute atomic E-state index is 0.0360. The van der Waals surface area contributed by atoms with Crippen LogP contribution in [-0.4, -0.2) is 25.5 Å². The molecule has 0 amide bonds. The highest BCUT2D eigenvalue weighted by molar-refractivity contribution is 8.00. The van der Waals surface area contributed by atoms with Crippen LogP contribution in [0.2, 0.25) is 0 Å². The lowest BCUT2D eigenvalue weighted by Gasteiger charge is -2.16. The van der Waals surface area contributed by atoms with Crippen LogP contribution in [0.25, 0.3) is 16.6 Å². The Labute approximate surface area is 184 Å². The molecule has 31 heavy (non-hydrogen) atoms. The lowest BCUT2D eigenvalue weighted by molar-refractivity contribution is 0.0991. The Kier molecular flexibility index (Phi) is 5.14. The molecule has 2 heterocycles. The molecule has 5 aromatic rings. The highest BCUT2D eigenvalue weighted by Crippen LogP contribution is 2.39. The number of rotatable bonds is 6. The van der Waals surface area contributed by atoms with E-state index in [0.29, 0.717) is 10.7 Å². The van der Waals surface area contributed by atoms with Crippen LogP contribution < -0.4 is 0 Å². The van der Waals surface area contributed by atoms with Crippen LogP contribution in [0, 0.1) is 6.92 Å². The van der Waals surface area contributed by atoms with Gasteiger partial charge in [0.1, 0.15) is 11.1 Å². The molecular weight excluding hydrogens is 404 g/mol. The fourth-order valence-corrected chi connectivity index (χ4v) is 4.89. The number of nitrogens with zero attached hydrogens (tertiary/aromatic N) is 3. The van der Waals surface area contributed by atoms with Crippen LogP contribution in [0.3, 0.4) is 0 Å². The van der Waals surface area contributed by atoms with Crippen molar-refractivity contribution in [3.63, 3.8) is 0 Å². The van der Waals surface area contributed by atoms with Crippen LogP contribution in [-0.2, 0) is 0 Å². The first-order valence-corrected chi connectivity index (χ1v) is 10.9. The van der Waals surface area contributed by atoms with Gasteiger partial charge in [-0.1, -0.05) is 78.5 Å². The zero-order valence-corrected chi connectivity index (χ0v) is 17.7. The van der Waals surface area contributed by atoms with Gasteiger partial charge in [-0.3, -0.25) is 9.36 Å². The van der Waals surface area contributed by atoms with E-state index in [9.17, 15) is 4.79 Å². The minimum Gasteiger partial charge on any atom is -0.360 e. The summed E-state index contributed by atoms with van der Waals surface area (Å²) < 4.78 is 1.99. The summed E-state index contributed by atoms with van der Waals surface area (Å²) in [7, 11) is 0. The summed E-state index contributed by atoms with van der Waals surface area (Å²) >= 11 is 1.42. The van der Waals surface area contributed by atoms with Crippen LogP contribution in [0.5, 0.6) is 0 Å². The van der Waals surface area contributed by atoms with E-state index < -0.39 is 5.25 Å². The Bertz CT molecular complexity index is 1340. The standard InChI is InChI=1S/C25H20N4OS/c1-17-27-28-25(29(17)19-12-6-3-7-13-19)31-24(18-10-4-2-5-11-18)23(30)21-16-26-22-15-9-8-14-20(21)22/h2-16,24,26H,1H3. The first-order chi connectivity index (χ1) is 15.2. The Balaban J connectivity index is 1.59. The number of Topliss-reactive ketones (excluding diaryl/α,β-unsaturated/α-hetero) is 1. The zero-order chi connectivity index (χ0) is 21.2. The van der Waals surface area contributed by atoms with Crippen LogP contribution >= 0.6 is 11.8 Å². The molecule has 0 radical (unpaired) electrons. The molecule has 2 aromatic heterocycles. The predicted octanol–water partition coefficient (Wildman–Crippen LogP) is 5.77. The van der Waals surface area contributed by atoms with E-state index in [0.717, 1.165) is 28.0 Å². The number of ketones is 1. The number of thioether (sulfide) groups is 1. The van der Waals surface area contributed by atoms with E-state index in [-0.39, 0.29) is 5.78 Å². The molecule has 1 N–H and O–H groups in total. The van der Waals surface area contributed by atoms with Gasteiger partial charge in [-0.25, -0.2) is 0 Å². The molecule has 6 heteroatoms. The highest BCUT2D eigenvalue weighted by Gasteiger charge is 2.28. The van der Waals surface area contributed by atoms with E-state index >= 15 is 0 Å². The molecule has 0 aliphatic heterocycles. The first kappa shape index (κ1) is 19.3. The van der Waals surface area contributed by atoms with Crippen molar-refractivity contribution in [3.8, 4) is 5.69 Å². The number of hydrogen-bond acceptors (Lipinski definition) is 4. The molecule has 0 aliphatic rings. The summed E-state index contributed by atoms with van der Waals surface area (Å²) in [6, 6.07) is 27.7. The number of carbonyl (C=O) groups excluding carboxylic acids is 1. The summed E-state index contributed by atoms with van der Waals surface area (Å²) in [6.07, 6.45) is 1.80. The fraction of sp³-hybridized carbons (Fsp3) is 0.0800. The maximum absolute atomic E-state index is 13.8. The van der Waals surface area contributed by atoms with Crippen LogP contribution in [0.4, 0.5) is 0 Å². The van der Waals surface area contributed by atoms with Crippen molar-refractivity contribution in [3.05, 3.63) is 108 Å². The third-order valence-electron chi connectivity index (χ3n) is 5.23. The maximum Gasteiger partial charge on any atom is 0.196 e. The van der Waals surface area contributed by atoms with Crippen LogP contribution in [0.1, 0.15) is 27.0 Å². The van der Waals surface area contributed by atoms with E-state index in [1.807, 2.05) is 96.4 Å². The summed E-state index contributed by atoms with van der Waals surface area (Å²) in [6.45, 7) is 1.92. The molecule has 5 rings (SSSR count). The lowest BCUT2D eigenvalue weighted by atomic mass is 10.0. The molecule has 0 aliphatic carbocycles. The molecule has 152 valence electrons. The molecule has 1 unspecified atom stereocenters. The maximum atomic E-state index is 13.8. The Morgan fingerprint density at radius 2 is 1.58 bits per heavy atom. The van der Waals surface area contributed by atoms with Crippen molar-refractivity contribution < 1.29 is 4.79 Å².